The number of carbonyl (C=O) groups is 2. The average Bonchev–Trinajstić information content (AvgIpc) is 3.51. The second-order valence-electron chi connectivity index (χ2n) is 8.55. The van der Waals surface area contributed by atoms with Crippen molar-refractivity contribution in [3.8, 4) is 5.75 Å². The van der Waals surface area contributed by atoms with Crippen molar-refractivity contribution in [2.75, 3.05) is 0 Å². The molecule has 0 aliphatic carbocycles. The molecule has 0 saturated carbocycles. The molecule has 2 aromatic carbocycles. The van der Waals surface area contributed by atoms with E-state index in [9.17, 15) is 14.7 Å². The monoisotopic (exact) mass is 496 g/mol. The van der Waals surface area contributed by atoms with Gasteiger partial charge in [0.1, 0.15) is 18.1 Å². The highest BCUT2D eigenvalue weighted by Crippen LogP contribution is 2.42. The molecule has 1 fully saturated rings. The zero-order valence-electron chi connectivity index (χ0n) is 19.6. The number of ketones is 1. The van der Waals surface area contributed by atoms with Crippen molar-refractivity contribution in [2.45, 2.75) is 26.1 Å². The fourth-order valence-corrected chi connectivity index (χ4v) is 5.20. The summed E-state index contributed by atoms with van der Waals surface area (Å²) in [4.78, 5) is 32.8. The van der Waals surface area contributed by atoms with Crippen molar-refractivity contribution >= 4 is 28.8 Å². The van der Waals surface area contributed by atoms with E-state index in [0.717, 1.165) is 21.6 Å². The number of ether oxygens (including phenoxy) is 1. The molecule has 0 bridgehead atoms. The van der Waals surface area contributed by atoms with E-state index >= 15 is 0 Å². The van der Waals surface area contributed by atoms with Gasteiger partial charge in [-0.05, 0) is 59.3 Å². The number of aliphatic hydroxyl groups is 1. The molecule has 0 radical (unpaired) electrons. The Labute approximate surface area is 213 Å². The van der Waals surface area contributed by atoms with E-state index in [-0.39, 0.29) is 17.9 Å². The van der Waals surface area contributed by atoms with Crippen molar-refractivity contribution < 1.29 is 19.4 Å². The van der Waals surface area contributed by atoms with Gasteiger partial charge in [-0.2, -0.15) is 0 Å². The van der Waals surface area contributed by atoms with Crippen LogP contribution in [0.5, 0.6) is 5.75 Å². The topological polar surface area (TPSA) is 79.7 Å². The minimum atomic E-state index is -0.696. The van der Waals surface area contributed by atoms with E-state index < -0.39 is 17.7 Å². The zero-order chi connectivity index (χ0) is 25.1. The number of pyridine rings is 1. The van der Waals surface area contributed by atoms with Crippen molar-refractivity contribution in [1.29, 1.82) is 0 Å². The van der Waals surface area contributed by atoms with Gasteiger partial charge in [0, 0.05) is 29.4 Å². The maximum Gasteiger partial charge on any atom is 0.295 e. The summed E-state index contributed by atoms with van der Waals surface area (Å²) < 4.78 is 5.90. The maximum absolute atomic E-state index is 13.2. The van der Waals surface area contributed by atoms with Crippen LogP contribution in [0.15, 0.2) is 96.1 Å². The van der Waals surface area contributed by atoms with Gasteiger partial charge in [0.25, 0.3) is 11.7 Å². The highest BCUT2D eigenvalue weighted by Gasteiger charge is 2.46. The Hall–Kier alpha value is -4.23. The van der Waals surface area contributed by atoms with Crippen molar-refractivity contribution in [2.24, 2.45) is 0 Å². The number of Topliss-reactive ketones (excluding diaryl/α,β-unsaturated/α-hetero) is 1. The Bertz CT molecular complexity index is 1420. The number of aliphatic hydroxyl groups excluding tert-OH is 1. The lowest BCUT2D eigenvalue weighted by Gasteiger charge is -2.24. The lowest BCUT2D eigenvalue weighted by molar-refractivity contribution is -0.140. The number of amides is 1. The molecule has 5 rings (SSSR count). The van der Waals surface area contributed by atoms with Crippen LogP contribution in [0, 0.1) is 6.92 Å². The summed E-state index contributed by atoms with van der Waals surface area (Å²) >= 11 is 1.44. The van der Waals surface area contributed by atoms with Crippen LogP contribution in [0.1, 0.15) is 33.2 Å². The van der Waals surface area contributed by atoms with Crippen LogP contribution < -0.4 is 4.74 Å². The molecule has 4 aromatic rings. The lowest BCUT2D eigenvalue weighted by atomic mass is 9.97. The smallest absolute Gasteiger partial charge is 0.295 e. The first-order valence-corrected chi connectivity index (χ1v) is 12.4. The standard InChI is InChI=1S/C29H24N2O4S/c1-19-15-22(35-18-20-7-3-2-4-8-20)11-12-23(19)27(32)25-26(24-10-6-14-36-24)31(29(34)28(25)33)17-21-9-5-13-30-16-21/h2-16,26,32H,17-18H2,1H3. The second kappa shape index (κ2) is 10.2. The Morgan fingerprint density at radius 2 is 1.83 bits per heavy atom. The van der Waals surface area contributed by atoms with Gasteiger partial charge in [-0.3, -0.25) is 14.6 Å². The van der Waals surface area contributed by atoms with Crippen LogP contribution in [0.2, 0.25) is 0 Å². The third-order valence-electron chi connectivity index (χ3n) is 6.13. The van der Waals surface area contributed by atoms with Gasteiger partial charge in [-0.25, -0.2) is 0 Å². The van der Waals surface area contributed by atoms with E-state index in [0.29, 0.717) is 17.9 Å². The second-order valence-corrected chi connectivity index (χ2v) is 9.53. The Morgan fingerprint density at radius 3 is 2.53 bits per heavy atom. The van der Waals surface area contributed by atoms with Crippen LogP contribution in [-0.4, -0.2) is 26.7 Å². The molecule has 1 atom stereocenters. The maximum atomic E-state index is 13.2. The Balaban J connectivity index is 1.49. The molecule has 3 heterocycles. The number of aromatic nitrogens is 1. The number of hydrogen-bond donors (Lipinski definition) is 1. The molecule has 7 heteroatoms. The summed E-state index contributed by atoms with van der Waals surface area (Å²) in [5.74, 6) is -0.870. The normalized spacial score (nSPS) is 16.9. The van der Waals surface area contributed by atoms with Gasteiger partial charge >= 0.3 is 0 Å². The van der Waals surface area contributed by atoms with E-state index in [1.807, 2.05) is 66.9 Å². The molecular weight excluding hydrogens is 472 g/mol. The quantitative estimate of drug-likeness (QED) is 0.203. The minimum absolute atomic E-state index is 0.0902. The van der Waals surface area contributed by atoms with Gasteiger partial charge in [0.2, 0.25) is 0 Å². The Kier molecular flexibility index (Phi) is 6.64. The largest absolute Gasteiger partial charge is 0.507 e. The third kappa shape index (κ3) is 4.65. The lowest BCUT2D eigenvalue weighted by Crippen LogP contribution is -2.28. The van der Waals surface area contributed by atoms with Crippen LogP contribution in [-0.2, 0) is 22.7 Å². The van der Waals surface area contributed by atoms with Crippen LogP contribution in [0.4, 0.5) is 0 Å². The summed E-state index contributed by atoms with van der Waals surface area (Å²) in [6.45, 7) is 2.47. The van der Waals surface area contributed by atoms with Crippen molar-refractivity contribution in [3.63, 3.8) is 0 Å². The SMILES string of the molecule is Cc1cc(OCc2ccccc2)ccc1C(O)=C1C(=O)C(=O)N(Cc2cccnc2)C1c1cccs1. The van der Waals surface area contributed by atoms with Crippen LogP contribution >= 0.6 is 11.3 Å². The summed E-state index contributed by atoms with van der Waals surface area (Å²) in [5, 5.41) is 13.3. The number of carbonyl (C=O) groups excluding carboxylic acids is 2. The zero-order valence-corrected chi connectivity index (χ0v) is 20.4. The molecule has 2 aromatic heterocycles. The molecule has 180 valence electrons. The van der Waals surface area contributed by atoms with Gasteiger partial charge in [0.15, 0.2) is 0 Å². The molecule has 36 heavy (non-hydrogen) atoms. The molecule has 1 unspecified atom stereocenters. The molecule has 1 N–H and O–H groups in total. The Morgan fingerprint density at radius 1 is 1.03 bits per heavy atom. The van der Waals surface area contributed by atoms with Crippen molar-refractivity contribution in [1.82, 2.24) is 9.88 Å². The van der Waals surface area contributed by atoms with E-state index in [1.165, 1.54) is 16.2 Å². The fraction of sp³-hybridized carbons (Fsp3) is 0.138. The predicted octanol–water partition coefficient (Wildman–Crippen LogP) is 5.65. The van der Waals surface area contributed by atoms with Gasteiger partial charge in [-0.15, -0.1) is 11.3 Å². The van der Waals surface area contributed by atoms with Crippen LogP contribution in [0.3, 0.4) is 0 Å². The number of benzene rings is 2. The number of nitrogens with zero attached hydrogens (tertiary/aromatic N) is 2. The fourth-order valence-electron chi connectivity index (χ4n) is 4.35. The molecule has 0 spiro atoms. The molecular formula is C29H24N2O4S. The number of likely N-dealkylation sites (tertiary alicyclic amines) is 1. The number of aryl methyl sites for hydroxylation is 1. The van der Waals surface area contributed by atoms with E-state index in [1.54, 1.807) is 30.6 Å². The summed E-state index contributed by atoms with van der Waals surface area (Å²) in [6.07, 6.45) is 3.33. The van der Waals surface area contributed by atoms with E-state index in [4.69, 9.17) is 4.74 Å². The average molecular weight is 497 g/mol. The predicted molar refractivity (Wildman–Crippen MR) is 138 cm³/mol. The highest BCUT2D eigenvalue weighted by atomic mass is 32.1. The van der Waals surface area contributed by atoms with Gasteiger partial charge in [-0.1, -0.05) is 42.5 Å². The summed E-state index contributed by atoms with van der Waals surface area (Å²) in [6, 6.07) is 21.9. The van der Waals surface area contributed by atoms with Gasteiger partial charge in [0.05, 0.1) is 11.6 Å². The first kappa shape index (κ1) is 23.5. The molecule has 6 nitrogen and oxygen atoms in total. The first-order valence-electron chi connectivity index (χ1n) is 11.5. The minimum Gasteiger partial charge on any atom is -0.507 e. The van der Waals surface area contributed by atoms with Crippen LogP contribution in [0.25, 0.3) is 5.76 Å². The number of hydrogen-bond acceptors (Lipinski definition) is 6. The van der Waals surface area contributed by atoms with Gasteiger partial charge < -0.3 is 14.7 Å². The molecule has 1 aliphatic rings. The van der Waals surface area contributed by atoms with E-state index in [2.05, 4.69) is 4.98 Å². The highest BCUT2D eigenvalue weighted by molar-refractivity contribution is 7.10. The molecule has 1 saturated heterocycles. The van der Waals surface area contributed by atoms with Crippen molar-refractivity contribution in [3.05, 3.63) is 123 Å². The third-order valence-corrected chi connectivity index (χ3v) is 7.05. The molecule has 1 aliphatic heterocycles. The number of rotatable bonds is 7. The molecule has 1 amide bonds. The summed E-state index contributed by atoms with van der Waals surface area (Å²) in [7, 11) is 0. The number of thiophene rings is 1. The first-order chi connectivity index (χ1) is 17.5. The summed E-state index contributed by atoms with van der Waals surface area (Å²) in [5.41, 5.74) is 3.17.